The maximum absolute atomic E-state index is 12.2. The van der Waals surface area contributed by atoms with E-state index in [4.69, 9.17) is 4.74 Å². The summed E-state index contributed by atoms with van der Waals surface area (Å²) < 4.78 is 5.16. The molecule has 1 aromatic rings. The molecule has 0 radical (unpaired) electrons. The minimum atomic E-state index is -0.594. The van der Waals surface area contributed by atoms with Gasteiger partial charge in [-0.15, -0.1) is 0 Å². The molecule has 0 amide bonds. The lowest BCUT2D eigenvalue weighted by molar-refractivity contribution is -0.154. The Morgan fingerprint density at radius 3 is 2.33 bits per heavy atom. The van der Waals surface area contributed by atoms with Crippen LogP contribution in [0.1, 0.15) is 71.6 Å². The molecule has 1 aromatic carbocycles. The second-order valence-electron chi connectivity index (χ2n) is 6.79. The summed E-state index contributed by atoms with van der Waals surface area (Å²) in [6.07, 6.45) is 1.24. The smallest absolute Gasteiger partial charge is 0.306 e. The molecule has 5 heteroatoms. The van der Waals surface area contributed by atoms with E-state index in [0.717, 1.165) is 0 Å². The van der Waals surface area contributed by atoms with E-state index in [0.29, 0.717) is 16.7 Å². The second-order valence-corrected chi connectivity index (χ2v) is 6.79. The highest BCUT2D eigenvalue weighted by atomic mass is 16.6. The Morgan fingerprint density at radius 1 is 1.04 bits per heavy atom. The first kappa shape index (κ1) is 17.8. The molecule has 0 aliphatic heterocycles. The van der Waals surface area contributed by atoms with Crippen LogP contribution >= 0.6 is 0 Å². The monoisotopic (exact) mass is 328 g/mol. The van der Waals surface area contributed by atoms with Crippen molar-refractivity contribution in [3.05, 3.63) is 46.5 Å². The number of carbonyl (C=O) groups excluding carboxylic acids is 4. The van der Waals surface area contributed by atoms with Crippen molar-refractivity contribution in [2.75, 3.05) is 0 Å². The Balaban J connectivity index is 2.11. The van der Waals surface area contributed by atoms with Gasteiger partial charge in [0.15, 0.2) is 17.3 Å². The number of ether oxygens (including phenoxy) is 1. The zero-order valence-electron chi connectivity index (χ0n) is 14.3. The Bertz CT molecular complexity index is 762. The van der Waals surface area contributed by atoms with Crippen LogP contribution in [0.15, 0.2) is 29.8 Å². The molecule has 1 aliphatic rings. The maximum atomic E-state index is 12.2. The van der Waals surface area contributed by atoms with Gasteiger partial charge in [-0.05, 0) is 45.9 Å². The average Bonchev–Trinajstić information content (AvgIpc) is 2.48. The second kappa shape index (κ2) is 6.51. The number of hydrogen-bond donors (Lipinski definition) is 0. The van der Waals surface area contributed by atoms with Crippen molar-refractivity contribution in [3.8, 4) is 0 Å². The number of esters is 1. The van der Waals surface area contributed by atoms with Gasteiger partial charge in [-0.1, -0.05) is 6.07 Å². The Kier molecular flexibility index (Phi) is 4.83. The lowest BCUT2D eigenvalue weighted by Crippen LogP contribution is -2.24. The summed E-state index contributed by atoms with van der Waals surface area (Å²) in [6, 6.07) is 4.43. The van der Waals surface area contributed by atoms with E-state index in [2.05, 4.69) is 0 Å². The van der Waals surface area contributed by atoms with E-state index in [1.54, 1.807) is 27.7 Å². The highest BCUT2D eigenvalue weighted by Crippen LogP contribution is 2.23. The van der Waals surface area contributed by atoms with Gasteiger partial charge in [-0.3, -0.25) is 19.2 Å². The molecule has 0 aromatic heterocycles. The van der Waals surface area contributed by atoms with Crippen molar-refractivity contribution in [1.29, 1.82) is 0 Å². The minimum absolute atomic E-state index is 0.00922. The van der Waals surface area contributed by atoms with Crippen LogP contribution in [-0.4, -0.2) is 28.9 Å². The van der Waals surface area contributed by atoms with Crippen molar-refractivity contribution >= 4 is 23.3 Å². The van der Waals surface area contributed by atoms with E-state index >= 15 is 0 Å². The van der Waals surface area contributed by atoms with Crippen molar-refractivity contribution in [1.82, 2.24) is 0 Å². The zero-order chi connectivity index (χ0) is 18.1. The van der Waals surface area contributed by atoms with E-state index in [-0.39, 0.29) is 35.8 Å². The van der Waals surface area contributed by atoms with Crippen LogP contribution in [0, 0.1) is 0 Å². The first-order valence-corrected chi connectivity index (χ1v) is 7.75. The van der Waals surface area contributed by atoms with Crippen LogP contribution in [0.3, 0.4) is 0 Å². The third-order valence-electron chi connectivity index (χ3n) is 3.53. The van der Waals surface area contributed by atoms with E-state index in [1.807, 2.05) is 0 Å². The Morgan fingerprint density at radius 2 is 1.71 bits per heavy atom. The Labute approximate surface area is 140 Å². The van der Waals surface area contributed by atoms with Gasteiger partial charge in [-0.25, -0.2) is 0 Å². The van der Waals surface area contributed by atoms with Gasteiger partial charge in [0.25, 0.3) is 0 Å². The first-order valence-electron chi connectivity index (χ1n) is 7.75. The van der Waals surface area contributed by atoms with Crippen molar-refractivity contribution in [3.63, 3.8) is 0 Å². The third-order valence-corrected chi connectivity index (χ3v) is 3.53. The SMILES string of the molecule is CC1=CC(=O)c2cc(C(=O)CCC(=O)OC(C)(C)C)ccc2C1=O. The maximum Gasteiger partial charge on any atom is 0.306 e. The molecular formula is C19H20O5. The fraction of sp³-hybridized carbons (Fsp3) is 0.368. The summed E-state index contributed by atoms with van der Waals surface area (Å²) in [7, 11) is 0. The molecule has 0 heterocycles. The molecule has 2 rings (SSSR count). The summed E-state index contributed by atoms with van der Waals surface area (Å²) >= 11 is 0. The molecule has 126 valence electrons. The third kappa shape index (κ3) is 4.04. The van der Waals surface area contributed by atoms with Gasteiger partial charge in [0.2, 0.25) is 0 Å². The average molecular weight is 328 g/mol. The van der Waals surface area contributed by atoms with Crippen LogP contribution in [-0.2, 0) is 9.53 Å². The molecule has 0 spiro atoms. The lowest BCUT2D eigenvalue weighted by atomic mass is 9.88. The predicted molar refractivity (Wildman–Crippen MR) is 88.3 cm³/mol. The van der Waals surface area contributed by atoms with Crippen LogP contribution < -0.4 is 0 Å². The summed E-state index contributed by atoms with van der Waals surface area (Å²) in [5, 5.41) is 0. The van der Waals surface area contributed by atoms with E-state index in [9.17, 15) is 19.2 Å². The molecule has 0 unspecified atom stereocenters. The molecule has 24 heavy (non-hydrogen) atoms. The van der Waals surface area contributed by atoms with Crippen molar-refractivity contribution in [2.45, 2.75) is 46.1 Å². The fourth-order valence-electron chi connectivity index (χ4n) is 2.42. The molecule has 0 saturated carbocycles. The number of carbonyl (C=O) groups is 4. The summed E-state index contributed by atoms with van der Waals surface area (Å²) in [4.78, 5) is 48.0. The van der Waals surface area contributed by atoms with Crippen LogP contribution in [0.2, 0.25) is 0 Å². The summed E-state index contributed by atoms with van der Waals surface area (Å²) in [5.41, 5.74) is 0.642. The quantitative estimate of drug-likeness (QED) is 0.626. The highest BCUT2D eigenvalue weighted by molar-refractivity contribution is 6.24. The molecule has 0 fully saturated rings. The van der Waals surface area contributed by atoms with Crippen LogP contribution in [0.25, 0.3) is 0 Å². The zero-order valence-corrected chi connectivity index (χ0v) is 14.3. The number of benzene rings is 1. The van der Waals surface area contributed by atoms with Gasteiger partial charge in [-0.2, -0.15) is 0 Å². The van der Waals surface area contributed by atoms with Crippen molar-refractivity contribution in [2.24, 2.45) is 0 Å². The standard InChI is InChI=1S/C19H20O5/c1-11-9-16(21)14-10-12(5-6-13(14)18(11)23)15(20)7-8-17(22)24-19(2,3)4/h5-6,9-10H,7-8H2,1-4H3. The van der Waals surface area contributed by atoms with E-state index < -0.39 is 11.6 Å². The minimum Gasteiger partial charge on any atom is -0.460 e. The normalized spacial score (nSPS) is 14.1. The molecule has 0 N–H and O–H groups in total. The first-order chi connectivity index (χ1) is 11.1. The number of fused-ring (bicyclic) bond motifs is 1. The molecular weight excluding hydrogens is 308 g/mol. The Hall–Kier alpha value is -2.56. The number of rotatable bonds is 4. The van der Waals surface area contributed by atoms with Crippen molar-refractivity contribution < 1.29 is 23.9 Å². The highest BCUT2D eigenvalue weighted by Gasteiger charge is 2.24. The number of Topliss-reactive ketones (excluding diaryl/α,β-unsaturated/α-hetero) is 2. The molecule has 0 bridgehead atoms. The molecule has 0 saturated heterocycles. The molecule has 5 nitrogen and oxygen atoms in total. The summed E-state index contributed by atoms with van der Waals surface area (Å²) in [6.45, 7) is 6.86. The largest absolute Gasteiger partial charge is 0.460 e. The summed E-state index contributed by atoms with van der Waals surface area (Å²) in [5.74, 6) is -1.21. The number of ketones is 3. The van der Waals surface area contributed by atoms with Gasteiger partial charge >= 0.3 is 5.97 Å². The van der Waals surface area contributed by atoms with E-state index in [1.165, 1.54) is 24.3 Å². The van der Waals surface area contributed by atoms with Gasteiger partial charge in [0.1, 0.15) is 5.60 Å². The topological polar surface area (TPSA) is 77.5 Å². The fourth-order valence-corrected chi connectivity index (χ4v) is 2.42. The predicted octanol–water partition coefficient (Wildman–Crippen LogP) is 3.32. The van der Waals surface area contributed by atoms with Gasteiger partial charge in [0, 0.05) is 28.7 Å². The lowest BCUT2D eigenvalue weighted by Gasteiger charge is -2.19. The van der Waals surface area contributed by atoms with Crippen LogP contribution in [0.4, 0.5) is 0 Å². The van der Waals surface area contributed by atoms with Crippen LogP contribution in [0.5, 0.6) is 0 Å². The van der Waals surface area contributed by atoms with Gasteiger partial charge < -0.3 is 4.74 Å². The molecule has 1 aliphatic carbocycles. The number of allylic oxidation sites excluding steroid dienone is 2. The molecule has 0 atom stereocenters. The number of hydrogen-bond acceptors (Lipinski definition) is 5. The van der Waals surface area contributed by atoms with Gasteiger partial charge in [0.05, 0.1) is 6.42 Å².